The van der Waals surface area contributed by atoms with Crippen LogP contribution in [0.5, 0.6) is 0 Å². The minimum absolute atomic E-state index is 0.0298. The van der Waals surface area contributed by atoms with Crippen molar-refractivity contribution in [3.05, 3.63) is 34.9 Å². The normalized spacial score (nSPS) is 25.9. The van der Waals surface area contributed by atoms with Gasteiger partial charge in [0, 0.05) is 26.2 Å². The Bertz CT molecular complexity index is 614. The summed E-state index contributed by atoms with van der Waals surface area (Å²) in [5, 5.41) is 2.78. The summed E-state index contributed by atoms with van der Waals surface area (Å²) < 4.78 is 0. The number of piperazine rings is 2. The molecule has 22 heavy (non-hydrogen) atoms. The number of carbonyl (C=O) groups excluding carboxylic acids is 2. The van der Waals surface area contributed by atoms with Crippen LogP contribution in [0.4, 0.5) is 0 Å². The lowest BCUT2D eigenvalue weighted by Gasteiger charge is -2.44. The summed E-state index contributed by atoms with van der Waals surface area (Å²) in [7, 11) is 0. The van der Waals surface area contributed by atoms with E-state index in [0.29, 0.717) is 13.1 Å². The maximum atomic E-state index is 12.2. The third-order valence-electron chi connectivity index (χ3n) is 4.68. The van der Waals surface area contributed by atoms with E-state index in [1.807, 2.05) is 0 Å². The van der Waals surface area contributed by atoms with Crippen LogP contribution in [0.3, 0.4) is 0 Å². The second kappa shape index (κ2) is 5.72. The van der Waals surface area contributed by atoms with Gasteiger partial charge in [-0.3, -0.25) is 14.5 Å². The monoisotopic (exact) mass is 301 g/mol. The minimum Gasteiger partial charge on any atom is -0.343 e. The van der Waals surface area contributed by atoms with Crippen molar-refractivity contribution in [3.8, 4) is 0 Å². The fraction of sp³-hybridized carbons (Fsp3) is 0.529. The summed E-state index contributed by atoms with van der Waals surface area (Å²) >= 11 is 0. The van der Waals surface area contributed by atoms with Crippen LogP contribution in [0.1, 0.15) is 23.6 Å². The van der Waals surface area contributed by atoms with Crippen molar-refractivity contribution >= 4 is 11.8 Å². The van der Waals surface area contributed by atoms with Crippen molar-refractivity contribution in [2.75, 3.05) is 19.6 Å². The molecule has 5 nitrogen and oxygen atoms in total. The van der Waals surface area contributed by atoms with E-state index in [1.54, 1.807) is 11.8 Å². The highest BCUT2D eigenvalue weighted by molar-refractivity contribution is 5.97. The molecule has 0 radical (unpaired) electrons. The number of fused-ring (bicyclic) bond motifs is 1. The summed E-state index contributed by atoms with van der Waals surface area (Å²) in [5.74, 6) is 0.00810. The van der Waals surface area contributed by atoms with Gasteiger partial charge < -0.3 is 10.2 Å². The van der Waals surface area contributed by atoms with Gasteiger partial charge in [-0.2, -0.15) is 0 Å². The number of amides is 2. The number of nitrogens with one attached hydrogen (secondary N) is 1. The van der Waals surface area contributed by atoms with Gasteiger partial charge in [0.2, 0.25) is 11.8 Å². The third kappa shape index (κ3) is 2.73. The van der Waals surface area contributed by atoms with Crippen LogP contribution in [0, 0.1) is 13.8 Å². The Labute approximate surface area is 131 Å². The zero-order valence-electron chi connectivity index (χ0n) is 13.4. The van der Waals surface area contributed by atoms with Crippen LogP contribution in [-0.4, -0.2) is 53.3 Å². The Morgan fingerprint density at radius 1 is 1.23 bits per heavy atom. The van der Waals surface area contributed by atoms with Gasteiger partial charge in [-0.15, -0.1) is 0 Å². The standard InChI is InChI=1S/C17H23N3O2/c1-11-4-5-12(2)14(8-11)9-19-6-7-20-15(10-19)16(21)18-13(3)17(20)22/h4-5,8,13,15H,6-7,9-10H2,1-3H3,(H,18,21)/t13-,15-/m1/s1. The molecule has 0 unspecified atom stereocenters. The molecule has 2 heterocycles. The Morgan fingerprint density at radius 3 is 2.77 bits per heavy atom. The van der Waals surface area contributed by atoms with Gasteiger partial charge in [0.15, 0.2) is 0 Å². The predicted octanol–water partition coefficient (Wildman–Crippen LogP) is 0.835. The van der Waals surface area contributed by atoms with Crippen molar-refractivity contribution in [1.29, 1.82) is 0 Å². The number of nitrogens with zero attached hydrogens (tertiary/aromatic N) is 2. The summed E-state index contributed by atoms with van der Waals surface area (Å²) in [6.45, 7) is 8.84. The highest BCUT2D eigenvalue weighted by atomic mass is 16.2. The van der Waals surface area contributed by atoms with Crippen LogP contribution in [0.2, 0.25) is 0 Å². The molecule has 2 fully saturated rings. The number of hydrogen-bond donors (Lipinski definition) is 1. The van der Waals surface area contributed by atoms with Crippen molar-refractivity contribution in [3.63, 3.8) is 0 Å². The maximum absolute atomic E-state index is 12.2. The maximum Gasteiger partial charge on any atom is 0.245 e. The quantitative estimate of drug-likeness (QED) is 0.880. The number of carbonyl (C=O) groups is 2. The SMILES string of the molecule is Cc1ccc(C)c(CN2CCN3C(=O)[C@@H](C)NC(=O)[C@H]3C2)c1. The number of rotatable bonds is 2. The lowest BCUT2D eigenvalue weighted by Crippen LogP contribution is -2.68. The van der Waals surface area contributed by atoms with Gasteiger partial charge in [-0.05, 0) is 31.9 Å². The second-order valence-corrected chi connectivity index (χ2v) is 6.44. The molecule has 1 N–H and O–H groups in total. The molecule has 0 aromatic heterocycles. The average Bonchev–Trinajstić information content (AvgIpc) is 2.49. The van der Waals surface area contributed by atoms with Crippen molar-refractivity contribution < 1.29 is 9.59 Å². The van der Waals surface area contributed by atoms with E-state index in [9.17, 15) is 9.59 Å². The van der Waals surface area contributed by atoms with E-state index in [-0.39, 0.29) is 17.9 Å². The van der Waals surface area contributed by atoms with E-state index >= 15 is 0 Å². The third-order valence-corrected chi connectivity index (χ3v) is 4.68. The van der Waals surface area contributed by atoms with Gasteiger partial charge in [-0.25, -0.2) is 0 Å². The molecule has 0 spiro atoms. The lowest BCUT2D eigenvalue weighted by atomic mass is 10.0. The predicted molar refractivity (Wildman–Crippen MR) is 84.3 cm³/mol. The molecule has 0 aliphatic carbocycles. The molecule has 2 atom stereocenters. The largest absolute Gasteiger partial charge is 0.343 e. The number of aryl methyl sites for hydroxylation is 2. The smallest absolute Gasteiger partial charge is 0.245 e. The molecule has 0 saturated carbocycles. The van der Waals surface area contributed by atoms with Crippen molar-refractivity contribution in [2.24, 2.45) is 0 Å². The van der Waals surface area contributed by atoms with E-state index < -0.39 is 6.04 Å². The van der Waals surface area contributed by atoms with Crippen LogP contribution in [-0.2, 0) is 16.1 Å². The fourth-order valence-corrected chi connectivity index (χ4v) is 3.30. The molecular formula is C17H23N3O2. The van der Waals surface area contributed by atoms with Crippen molar-refractivity contribution in [1.82, 2.24) is 15.1 Å². The Kier molecular flexibility index (Phi) is 3.91. The summed E-state index contributed by atoms with van der Waals surface area (Å²) in [6.07, 6.45) is 0. The fourth-order valence-electron chi connectivity index (χ4n) is 3.30. The van der Waals surface area contributed by atoms with Gasteiger partial charge in [-0.1, -0.05) is 23.8 Å². The molecule has 2 aliphatic rings. The molecule has 0 bridgehead atoms. The molecule has 1 aromatic rings. The van der Waals surface area contributed by atoms with Gasteiger partial charge in [0.05, 0.1) is 0 Å². The second-order valence-electron chi connectivity index (χ2n) is 6.44. The number of hydrogen-bond acceptors (Lipinski definition) is 3. The molecule has 2 aliphatic heterocycles. The molecule has 2 amide bonds. The van der Waals surface area contributed by atoms with Gasteiger partial charge in [0.1, 0.15) is 12.1 Å². The first-order valence-corrected chi connectivity index (χ1v) is 7.85. The minimum atomic E-state index is -0.394. The Hall–Kier alpha value is -1.88. The van der Waals surface area contributed by atoms with Gasteiger partial charge in [0.25, 0.3) is 0 Å². The van der Waals surface area contributed by atoms with Crippen LogP contribution >= 0.6 is 0 Å². The van der Waals surface area contributed by atoms with E-state index in [0.717, 1.165) is 13.1 Å². The molecular weight excluding hydrogens is 278 g/mol. The summed E-state index contributed by atoms with van der Waals surface area (Å²) in [6, 6.07) is 5.72. The average molecular weight is 301 g/mol. The van der Waals surface area contributed by atoms with E-state index in [2.05, 4.69) is 42.3 Å². The Balaban J connectivity index is 1.73. The molecule has 5 heteroatoms. The lowest BCUT2D eigenvalue weighted by molar-refractivity contribution is -0.152. The summed E-state index contributed by atoms with van der Waals surface area (Å²) in [5.41, 5.74) is 3.81. The first-order valence-electron chi connectivity index (χ1n) is 7.85. The first-order chi connectivity index (χ1) is 10.5. The van der Waals surface area contributed by atoms with E-state index in [4.69, 9.17) is 0 Å². The van der Waals surface area contributed by atoms with Gasteiger partial charge >= 0.3 is 0 Å². The highest BCUT2D eigenvalue weighted by Gasteiger charge is 2.41. The van der Waals surface area contributed by atoms with Crippen molar-refractivity contribution in [2.45, 2.75) is 39.4 Å². The summed E-state index contributed by atoms with van der Waals surface area (Å²) in [4.78, 5) is 28.3. The van der Waals surface area contributed by atoms with Crippen LogP contribution in [0.15, 0.2) is 18.2 Å². The highest BCUT2D eigenvalue weighted by Crippen LogP contribution is 2.19. The number of benzene rings is 1. The molecule has 118 valence electrons. The molecule has 3 rings (SSSR count). The first kappa shape index (κ1) is 15.0. The molecule has 1 aromatic carbocycles. The topological polar surface area (TPSA) is 52.6 Å². The van der Waals surface area contributed by atoms with Crippen LogP contribution in [0.25, 0.3) is 0 Å². The molecule has 2 saturated heterocycles. The zero-order chi connectivity index (χ0) is 15.9. The zero-order valence-corrected chi connectivity index (χ0v) is 13.4. The van der Waals surface area contributed by atoms with Crippen LogP contribution < -0.4 is 5.32 Å². The van der Waals surface area contributed by atoms with E-state index in [1.165, 1.54) is 16.7 Å². The Morgan fingerprint density at radius 2 is 2.00 bits per heavy atom.